The highest BCUT2D eigenvalue weighted by Crippen LogP contribution is 2.16. The van der Waals surface area contributed by atoms with Crippen LogP contribution >= 0.6 is 0 Å². The quantitative estimate of drug-likeness (QED) is 0.546. The van der Waals surface area contributed by atoms with Crippen LogP contribution in [-0.4, -0.2) is 18.6 Å². The molecule has 1 unspecified atom stereocenters. The van der Waals surface area contributed by atoms with Crippen molar-refractivity contribution in [3.63, 3.8) is 0 Å². The van der Waals surface area contributed by atoms with E-state index < -0.39 is 0 Å². The first-order valence-electron chi connectivity index (χ1n) is 6.09. The van der Waals surface area contributed by atoms with Crippen molar-refractivity contribution < 1.29 is 1.43 Å². The third-order valence-electron chi connectivity index (χ3n) is 2.53. The van der Waals surface area contributed by atoms with Crippen molar-refractivity contribution in [3.8, 4) is 0 Å². The van der Waals surface area contributed by atoms with Gasteiger partial charge in [-0.2, -0.15) is 0 Å². The molecule has 0 aliphatic heterocycles. The summed E-state index contributed by atoms with van der Waals surface area (Å²) in [6, 6.07) is 0. The molecule has 96 valence electrons. The van der Waals surface area contributed by atoms with E-state index in [4.69, 9.17) is 11.1 Å². The first kappa shape index (κ1) is 17.3. The Balaban J connectivity index is -0.000000616. The third kappa shape index (κ3) is 5.69. The molecule has 0 fully saturated rings. The maximum atomic E-state index is 7.32. The molecule has 16 heavy (non-hydrogen) atoms. The lowest BCUT2D eigenvalue weighted by Gasteiger charge is -2.13. The molecule has 0 saturated heterocycles. The average Bonchev–Trinajstić information content (AvgIpc) is 2.31. The molecule has 0 saturated carbocycles. The number of hydrogen-bond acceptors (Lipinski definition) is 2. The molecule has 0 aromatic carbocycles. The molecule has 3 heteroatoms. The lowest BCUT2D eigenvalue weighted by atomic mass is 9.95. The van der Waals surface area contributed by atoms with Gasteiger partial charge in [0.15, 0.2) is 0 Å². The van der Waals surface area contributed by atoms with E-state index in [-0.39, 0.29) is 1.43 Å². The maximum Gasteiger partial charge on any atom is 0.127 e. The van der Waals surface area contributed by atoms with Crippen LogP contribution in [-0.2, 0) is 0 Å². The minimum absolute atomic E-state index is 0. The van der Waals surface area contributed by atoms with Crippen molar-refractivity contribution in [1.29, 1.82) is 5.41 Å². The van der Waals surface area contributed by atoms with Crippen molar-refractivity contribution >= 4 is 12.1 Å². The van der Waals surface area contributed by atoms with E-state index in [1.165, 1.54) is 6.21 Å². The minimum Gasteiger partial charge on any atom is -0.383 e. The summed E-state index contributed by atoms with van der Waals surface area (Å²) < 4.78 is 0. The molecule has 0 radical (unpaired) electrons. The number of aliphatic imine (C=N–C) groups is 1. The maximum absolute atomic E-state index is 7.32. The number of nitrogens with zero attached hydrogens (tertiary/aromatic N) is 1. The molecule has 0 rings (SSSR count). The Bertz CT molecular complexity index is 257. The highest BCUT2D eigenvalue weighted by atomic mass is 14.8. The lowest BCUT2D eigenvalue weighted by Crippen LogP contribution is -2.19. The van der Waals surface area contributed by atoms with Crippen LogP contribution in [0, 0.1) is 11.3 Å². The summed E-state index contributed by atoms with van der Waals surface area (Å²) in [6.07, 6.45) is 2.36. The molecule has 0 aromatic heterocycles. The molecule has 3 nitrogen and oxygen atoms in total. The van der Waals surface area contributed by atoms with Crippen LogP contribution in [0.4, 0.5) is 0 Å². The van der Waals surface area contributed by atoms with Crippen molar-refractivity contribution in [2.75, 3.05) is 6.54 Å². The van der Waals surface area contributed by atoms with Gasteiger partial charge in [0.1, 0.15) is 5.84 Å². The van der Waals surface area contributed by atoms with Gasteiger partial charge in [0.25, 0.3) is 0 Å². The Morgan fingerprint density at radius 1 is 1.44 bits per heavy atom. The monoisotopic (exact) mass is 227 g/mol. The lowest BCUT2D eigenvalue weighted by molar-refractivity contribution is 0.654. The Morgan fingerprint density at radius 2 is 1.94 bits per heavy atom. The van der Waals surface area contributed by atoms with Gasteiger partial charge < -0.3 is 11.1 Å². The Hall–Kier alpha value is -1.12. The Labute approximate surface area is 102 Å². The zero-order valence-electron chi connectivity index (χ0n) is 11.6. The first-order valence-corrected chi connectivity index (χ1v) is 6.09. The highest BCUT2D eigenvalue weighted by Gasteiger charge is 2.09. The molecule has 0 aliphatic rings. The fraction of sp³-hybridized carbons (Fsp3) is 0.692. The van der Waals surface area contributed by atoms with Gasteiger partial charge in [0.2, 0.25) is 0 Å². The Morgan fingerprint density at radius 3 is 2.25 bits per heavy atom. The summed E-state index contributed by atoms with van der Waals surface area (Å²) in [7, 11) is 0. The van der Waals surface area contributed by atoms with E-state index in [2.05, 4.69) is 18.8 Å². The van der Waals surface area contributed by atoms with Crippen LogP contribution in [0.1, 0.15) is 49.4 Å². The van der Waals surface area contributed by atoms with Crippen LogP contribution in [0.3, 0.4) is 0 Å². The SMILES string of the molecule is CC.CCN=C(N)/C(C=N)=C(\C)C(C)CC.[HH]. The number of nitrogens with two attached hydrogens (primary N) is 1. The second-order valence-corrected chi connectivity index (χ2v) is 3.41. The van der Waals surface area contributed by atoms with E-state index in [0.717, 1.165) is 17.6 Å². The van der Waals surface area contributed by atoms with E-state index in [9.17, 15) is 0 Å². The topological polar surface area (TPSA) is 62.2 Å². The van der Waals surface area contributed by atoms with Gasteiger partial charge in [-0.15, -0.1) is 0 Å². The number of allylic oxidation sites excluding steroid dienone is 1. The molecule has 0 aromatic rings. The standard InChI is InChI=1S/C11H21N3.C2H6.H2/c1-5-8(3)9(4)10(7-12)11(13)14-6-2;1-2;/h7-8,12H,5-6H2,1-4H3,(H2,13,14);1-2H3;1H/b10-9+,12-7?;;. The van der Waals surface area contributed by atoms with Crippen LogP contribution in [0.25, 0.3) is 0 Å². The summed E-state index contributed by atoms with van der Waals surface area (Å²) in [5.74, 6) is 0.942. The van der Waals surface area contributed by atoms with Gasteiger partial charge in [0.05, 0.1) is 0 Å². The summed E-state index contributed by atoms with van der Waals surface area (Å²) in [6.45, 7) is 12.9. The summed E-state index contributed by atoms with van der Waals surface area (Å²) in [4.78, 5) is 4.12. The molecule has 0 amide bonds. The van der Waals surface area contributed by atoms with Crippen LogP contribution in [0.2, 0.25) is 0 Å². The smallest absolute Gasteiger partial charge is 0.127 e. The van der Waals surface area contributed by atoms with Crippen molar-refractivity contribution in [2.45, 2.75) is 48.0 Å². The predicted octanol–water partition coefficient (Wildman–Crippen LogP) is 3.65. The highest BCUT2D eigenvalue weighted by molar-refractivity contribution is 6.14. The molecular weight excluding hydrogens is 198 g/mol. The first-order chi connectivity index (χ1) is 7.58. The molecule has 0 bridgehead atoms. The van der Waals surface area contributed by atoms with Crippen LogP contribution < -0.4 is 5.73 Å². The van der Waals surface area contributed by atoms with E-state index in [1.807, 2.05) is 27.7 Å². The third-order valence-corrected chi connectivity index (χ3v) is 2.53. The van der Waals surface area contributed by atoms with Gasteiger partial charge >= 0.3 is 0 Å². The van der Waals surface area contributed by atoms with E-state index in [1.54, 1.807) is 0 Å². The van der Waals surface area contributed by atoms with Crippen molar-refractivity contribution in [3.05, 3.63) is 11.1 Å². The number of rotatable bonds is 5. The Kier molecular flexibility index (Phi) is 11.2. The van der Waals surface area contributed by atoms with Gasteiger partial charge in [-0.25, -0.2) is 0 Å². The average molecular weight is 227 g/mol. The minimum atomic E-state index is 0. The fourth-order valence-electron chi connectivity index (χ4n) is 1.22. The summed E-state index contributed by atoms with van der Waals surface area (Å²) >= 11 is 0. The normalized spacial score (nSPS) is 14.5. The fourth-order valence-corrected chi connectivity index (χ4v) is 1.22. The molecule has 3 N–H and O–H groups in total. The molecule has 1 atom stereocenters. The van der Waals surface area contributed by atoms with Gasteiger partial charge in [-0.1, -0.05) is 33.3 Å². The van der Waals surface area contributed by atoms with E-state index in [0.29, 0.717) is 18.3 Å². The zero-order valence-corrected chi connectivity index (χ0v) is 11.6. The van der Waals surface area contributed by atoms with Crippen LogP contribution in [0.15, 0.2) is 16.1 Å². The van der Waals surface area contributed by atoms with Gasteiger partial charge in [-0.3, -0.25) is 4.99 Å². The predicted molar refractivity (Wildman–Crippen MR) is 76.6 cm³/mol. The summed E-state index contributed by atoms with van der Waals surface area (Å²) in [5, 5.41) is 7.32. The van der Waals surface area contributed by atoms with Crippen molar-refractivity contribution in [2.24, 2.45) is 16.6 Å². The van der Waals surface area contributed by atoms with Crippen LogP contribution in [0.5, 0.6) is 0 Å². The van der Waals surface area contributed by atoms with Gasteiger partial charge in [-0.05, 0) is 26.2 Å². The molecule has 0 spiro atoms. The van der Waals surface area contributed by atoms with E-state index >= 15 is 0 Å². The zero-order chi connectivity index (χ0) is 13.1. The largest absolute Gasteiger partial charge is 0.383 e. The number of hydrogen-bond donors (Lipinski definition) is 2. The second kappa shape index (κ2) is 10.4. The second-order valence-electron chi connectivity index (χ2n) is 3.41. The summed E-state index contributed by atoms with van der Waals surface area (Å²) in [5.41, 5.74) is 7.70. The number of nitrogens with one attached hydrogen (secondary N) is 1. The molecule has 0 heterocycles. The molecule has 0 aliphatic carbocycles. The number of amidine groups is 1. The van der Waals surface area contributed by atoms with Crippen molar-refractivity contribution in [1.82, 2.24) is 0 Å². The van der Waals surface area contributed by atoms with Gasteiger partial charge in [0, 0.05) is 19.8 Å². The molecular formula is C13H29N3.